The van der Waals surface area contributed by atoms with Crippen LogP contribution < -0.4 is 10.6 Å². The maximum atomic E-state index is 11.8. The molecule has 0 aromatic heterocycles. The van der Waals surface area contributed by atoms with E-state index >= 15 is 0 Å². The molecule has 122 valence electrons. The molecule has 1 heterocycles. The molecule has 0 bridgehead atoms. The molecule has 2 unspecified atom stereocenters. The van der Waals surface area contributed by atoms with E-state index in [1.54, 1.807) is 6.07 Å². The van der Waals surface area contributed by atoms with Crippen LogP contribution in [0.2, 0.25) is 5.02 Å². The van der Waals surface area contributed by atoms with Gasteiger partial charge >= 0.3 is 0 Å². The highest BCUT2D eigenvalue weighted by Crippen LogP contribution is 2.18. The van der Waals surface area contributed by atoms with Crippen molar-refractivity contribution >= 4 is 27.3 Å². The number of hydrogen-bond acceptors (Lipinski definition) is 4. The molecule has 1 aromatic rings. The average molecular weight is 345 g/mol. The van der Waals surface area contributed by atoms with Gasteiger partial charge in [-0.25, -0.2) is 8.42 Å². The second-order valence-electron chi connectivity index (χ2n) is 5.73. The third-order valence-electron chi connectivity index (χ3n) is 3.83. The smallest absolute Gasteiger partial charge is 0.233 e. The standard InChI is InChI=1S/C15H21ClN2O3S/c1-11(13-3-2-4-14(16)7-13)17-9-15(19)18-8-12-5-6-22(20,21)10-12/h2-4,7,11-12,17H,5-6,8-10H2,1H3,(H,18,19). The molecule has 7 heteroatoms. The molecule has 2 N–H and O–H groups in total. The third kappa shape index (κ3) is 5.26. The van der Waals surface area contributed by atoms with E-state index < -0.39 is 9.84 Å². The van der Waals surface area contributed by atoms with E-state index in [1.165, 1.54) is 0 Å². The van der Waals surface area contributed by atoms with E-state index in [-0.39, 0.29) is 35.9 Å². The molecule has 1 aliphatic rings. The van der Waals surface area contributed by atoms with Crippen molar-refractivity contribution in [3.8, 4) is 0 Å². The molecule has 0 aliphatic carbocycles. The predicted molar refractivity (Wildman–Crippen MR) is 87.6 cm³/mol. The first-order chi connectivity index (χ1) is 10.4. The molecule has 5 nitrogen and oxygen atoms in total. The third-order valence-corrected chi connectivity index (χ3v) is 5.90. The van der Waals surface area contributed by atoms with Crippen molar-refractivity contribution in [1.82, 2.24) is 10.6 Å². The van der Waals surface area contributed by atoms with Gasteiger partial charge in [0.2, 0.25) is 5.91 Å². The van der Waals surface area contributed by atoms with Crippen LogP contribution in [0.1, 0.15) is 24.9 Å². The highest BCUT2D eigenvalue weighted by atomic mass is 35.5. The van der Waals surface area contributed by atoms with Crippen molar-refractivity contribution in [2.75, 3.05) is 24.6 Å². The molecule has 2 atom stereocenters. The van der Waals surface area contributed by atoms with Gasteiger partial charge < -0.3 is 10.6 Å². The zero-order chi connectivity index (χ0) is 16.2. The molecule has 22 heavy (non-hydrogen) atoms. The Hall–Kier alpha value is -1.11. The number of benzene rings is 1. The van der Waals surface area contributed by atoms with Gasteiger partial charge in [0.1, 0.15) is 0 Å². The molecule has 1 aliphatic heterocycles. The topological polar surface area (TPSA) is 75.3 Å². The van der Waals surface area contributed by atoms with E-state index in [0.29, 0.717) is 18.0 Å². The van der Waals surface area contributed by atoms with E-state index in [2.05, 4.69) is 10.6 Å². The van der Waals surface area contributed by atoms with Gasteiger partial charge in [0.25, 0.3) is 0 Å². The summed E-state index contributed by atoms with van der Waals surface area (Å²) in [6.07, 6.45) is 0.634. The van der Waals surface area contributed by atoms with Gasteiger partial charge in [-0.05, 0) is 37.0 Å². The molecule has 1 aromatic carbocycles. The zero-order valence-electron chi connectivity index (χ0n) is 12.5. The van der Waals surface area contributed by atoms with E-state index in [0.717, 1.165) is 5.56 Å². The van der Waals surface area contributed by atoms with Crippen LogP contribution in [-0.2, 0) is 14.6 Å². The van der Waals surface area contributed by atoms with Gasteiger partial charge in [-0.15, -0.1) is 0 Å². The van der Waals surface area contributed by atoms with Crippen LogP contribution in [-0.4, -0.2) is 38.9 Å². The second kappa shape index (κ2) is 7.44. The Morgan fingerprint density at radius 1 is 1.45 bits per heavy atom. The summed E-state index contributed by atoms with van der Waals surface area (Å²) in [4.78, 5) is 11.8. The number of rotatable bonds is 6. The number of amides is 1. The minimum absolute atomic E-state index is 0.0105. The van der Waals surface area contributed by atoms with Crippen molar-refractivity contribution < 1.29 is 13.2 Å². The summed E-state index contributed by atoms with van der Waals surface area (Å²) in [5, 5.41) is 6.58. The van der Waals surface area contributed by atoms with Crippen molar-refractivity contribution in [2.24, 2.45) is 5.92 Å². The van der Waals surface area contributed by atoms with Crippen LogP contribution in [0, 0.1) is 5.92 Å². The average Bonchev–Trinajstić information content (AvgIpc) is 2.82. The van der Waals surface area contributed by atoms with Gasteiger partial charge in [-0.1, -0.05) is 23.7 Å². The quantitative estimate of drug-likeness (QED) is 0.821. The number of sulfone groups is 1. The largest absolute Gasteiger partial charge is 0.355 e. The highest BCUT2D eigenvalue weighted by Gasteiger charge is 2.27. The fourth-order valence-electron chi connectivity index (χ4n) is 2.49. The second-order valence-corrected chi connectivity index (χ2v) is 8.40. The Morgan fingerprint density at radius 2 is 2.23 bits per heavy atom. The van der Waals surface area contributed by atoms with Gasteiger partial charge in [-0.2, -0.15) is 0 Å². The van der Waals surface area contributed by atoms with Crippen molar-refractivity contribution in [2.45, 2.75) is 19.4 Å². The molecule has 1 amide bonds. The maximum absolute atomic E-state index is 11.8. The first-order valence-corrected chi connectivity index (χ1v) is 9.51. The summed E-state index contributed by atoms with van der Waals surface area (Å²) in [6.45, 7) is 2.57. The first kappa shape index (κ1) is 17.2. The van der Waals surface area contributed by atoms with E-state index in [4.69, 9.17) is 11.6 Å². The summed E-state index contributed by atoms with van der Waals surface area (Å²) in [6, 6.07) is 7.50. The molecule has 0 radical (unpaired) electrons. The molecule has 1 saturated heterocycles. The van der Waals surface area contributed by atoms with E-state index in [9.17, 15) is 13.2 Å². The van der Waals surface area contributed by atoms with Gasteiger partial charge in [-0.3, -0.25) is 4.79 Å². The Morgan fingerprint density at radius 3 is 2.86 bits per heavy atom. The lowest BCUT2D eigenvalue weighted by Crippen LogP contribution is -2.37. The Bertz CT molecular complexity index is 633. The lowest BCUT2D eigenvalue weighted by Gasteiger charge is -2.15. The zero-order valence-corrected chi connectivity index (χ0v) is 14.1. The van der Waals surface area contributed by atoms with Gasteiger partial charge in [0.05, 0.1) is 18.1 Å². The van der Waals surface area contributed by atoms with E-state index in [1.807, 2.05) is 25.1 Å². The molecule has 0 spiro atoms. The highest BCUT2D eigenvalue weighted by molar-refractivity contribution is 7.91. The Balaban J connectivity index is 1.71. The maximum Gasteiger partial charge on any atom is 0.233 e. The van der Waals surface area contributed by atoms with Crippen molar-refractivity contribution in [3.63, 3.8) is 0 Å². The number of hydrogen-bond donors (Lipinski definition) is 2. The fraction of sp³-hybridized carbons (Fsp3) is 0.533. The first-order valence-electron chi connectivity index (χ1n) is 7.32. The minimum Gasteiger partial charge on any atom is -0.355 e. The lowest BCUT2D eigenvalue weighted by molar-refractivity contribution is -0.120. The summed E-state index contributed by atoms with van der Waals surface area (Å²) in [5.74, 6) is 0.328. The summed E-state index contributed by atoms with van der Waals surface area (Å²) in [7, 11) is -2.89. The number of carbonyl (C=O) groups is 1. The Kier molecular flexibility index (Phi) is 5.83. The van der Waals surface area contributed by atoms with Crippen LogP contribution in [0.3, 0.4) is 0 Å². The van der Waals surface area contributed by atoms with Crippen molar-refractivity contribution in [3.05, 3.63) is 34.9 Å². The minimum atomic E-state index is -2.89. The van der Waals surface area contributed by atoms with Crippen LogP contribution in [0.15, 0.2) is 24.3 Å². The number of nitrogens with one attached hydrogen (secondary N) is 2. The summed E-state index contributed by atoms with van der Waals surface area (Å²) in [5.41, 5.74) is 1.02. The monoisotopic (exact) mass is 344 g/mol. The number of carbonyl (C=O) groups excluding carboxylic acids is 1. The fourth-order valence-corrected chi connectivity index (χ4v) is 4.55. The normalized spacial score (nSPS) is 21.5. The van der Waals surface area contributed by atoms with Crippen molar-refractivity contribution in [1.29, 1.82) is 0 Å². The Labute approximate surface area is 136 Å². The number of halogens is 1. The van der Waals surface area contributed by atoms with Crippen LogP contribution in [0.25, 0.3) is 0 Å². The molecule has 0 saturated carbocycles. The summed E-state index contributed by atoms with van der Waals surface area (Å²) >= 11 is 5.94. The van der Waals surface area contributed by atoms with Gasteiger partial charge in [0, 0.05) is 17.6 Å². The van der Waals surface area contributed by atoms with Crippen LogP contribution >= 0.6 is 11.6 Å². The van der Waals surface area contributed by atoms with Crippen LogP contribution in [0.4, 0.5) is 0 Å². The molecular weight excluding hydrogens is 324 g/mol. The predicted octanol–water partition coefficient (Wildman–Crippen LogP) is 1.54. The van der Waals surface area contributed by atoms with Gasteiger partial charge in [0.15, 0.2) is 9.84 Å². The molecule has 2 rings (SSSR count). The summed E-state index contributed by atoms with van der Waals surface area (Å²) < 4.78 is 22.7. The molecule has 1 fully saturated rings. The lowest BCUT2D eigenvalue weighted by atomic mass is 10.1. The molecular formula is C15H21ClN2O3S. The SMILES string of the molecule is CC(NCC(=O)NCC1CCS(=O)(=O)C1)c1cccc(Cl)c1. The van der Waals surface area contributed by atoms with Crippen LogP contribution in [0.5, 0.6) is 0 Å².